The van der Waals surface area contributed by atoms with E-state index < -0.39 is 0 Å². The summed E-state index contributed by atoms with van der Waals surface area (Å²) in [5, 5.41) is 7.81. The normalized spacial score (nSPS) is 11.9. The number of benzene rings is 8. The summed E-state index contributed by atoms with van der Waals surface area (Å²) in [6, 6.07) is 67.1. The second-order valence-corrected chi connectivity index (χ2v) is 15.6. The molecule has 0 N–H and O–H groups in total. The summed E-state index contributed by atoms with van der Waals surface area (Å²) >= 11 is 0.244. The van der Waals surface area contributed by atoms with E-state index in [1.807, 2.05) is 0 Å². The SMILES string of the molecule is c1ccc(-c2cccc(-c3ccc4[se]c5cccc(-n6c7ccccc7c7cc(-n8c9ccccc9c9ccccc98)ccc76)c5c4c3)c2)cc1. The Hall–Kier alpha value is -6.12. The number of aromatic nitrogens is 2. The quantitative estimate of drug-likeness (QED) is 0.161. The number of hydrogen-bond donors (Lipinski definition) is 0. The minimum absolute atomic E-state index is 0.244. The Kier molecular flexibility index (Phi) is 6.30. The molecule has 0 bridgehead atoms. The van der Waals surface area contributed by atoms with Gasteiger partial charge in [-0.15, -0.1) is 0 Å². The van der Waals surface area contributed by atoms with Gasteiger partial charge in [-0.25, -0.2) is 0 Å². The predicted octanol–water partition coefficient (Wildman–Crippen LogP) is 12.6. The van der Waals surface area contributed by atoms with E-state index in [4.69, 9.17) is 0 Å². The summed E-state index contributed by atoms with van der Waals surface area (Å²) < 4.78 is 7.82. The van der Waals surface area contributed by atoms with Gasteiger partial charge in [-0.3, -0.25) is 0 Å². The fraction of sp³-hybridized carbons (Fsp3) is 0. The molecule has 0 amide bonds. The molecule has 3 heterocycles. The van der Waals surface area contributed by atoms with Crippen molar-refractivity contribution in [1.29, 1.82) is 0 Å². The molecule has 0 atom stereocenters. The van der Waals surface area contributed by atoms with Crippen LogP contribution in [0.15, 0.2) is 182 Å². The van der Waals surface area contributed by atoms with Crippen LogP contribution in [0, 0.1) is 0 Å². The van der Waals surface area contributed by atoms with Crippen molar-refractivity contribution in [3.05, 3.63) is 182 Å². The molecule has 238 valence electrons. The molecular formula is C48H30N2Se. The van der Waals surface area contributed by atoms with Gasteiger partial charge in [0.2, 0.25) is 0 Å². The molecule has 3 heteroatoms. The number of para-hydroxylation sites is 3. The summed E-state index contributed by atoms with van der Waals surface area (Å²) in [5.41, 5.74) is 12.3. The van der Waals surface area contributed by atoms with E-state index in [0.29, 0.717) is 0 Å². The van der Waals surface area contributed by atoms with Crippen molar-refractivity contribution in [2.45, 2.75) is 0 Å². The first-order chi connectivity index (χ1) is 25.3. The second-order valence-electron chi connectivity index (χ2n) is 13.3. The van der Waals surface area contributed by atoms with Gasteiger partial charge in [-0.05, 0) is 0 Å². The molecule has 0 unspecified atom stereocenters. The van der Waals surface area contributed by atoms with Crippen molar-refractivity contribution in [3.63, 3.8) is 0 Å². The van der Waals surface area contributed by atoms with Crippen LogP contribution >= 0.6 is 0 Å². The summed E-state index contributed by atoms with van der Waals surface area (Å²) in [7, 11) is 0. The van der Waals surface area contributed by atoms with Crippen LogP contribution in [0.25, 0.3) is 96.5 Å². The second kappa shape index (κ2) is 11.2. The molecule has 11 aromatic rings. The Morgan fingerprint density at radius 1 is 0.314 bits per heavy atom. The van der Waals surface area contributed by atoms with E-state index in [0.717, 1.165) is 0 Å². The van der Waals surface area contributed by atoms with E-state index >= 15 is 0 Å². The average Bonchev–Trinajstić information content (AvgIpc) is 3.85. The molecule has 51 heavy (non-hydrogen) atoms. The van der Waals surface area contributed by atoms with Crippen molar-refractivity contribution in [2.24, 2.45) is 0 Å². The third-order valence-corrected chi connectivity index (χ3v) is 12.9. The number of nitrogens with zero attached hydrogens (tertiary/aromatic N) is 2. The first-order valence-electron chi connectivity index (χ1n) is 17.4. The van der Waals surface area contributed by atoms with Gasteiger partial charge in [0.15, 0.2) is 0 Å². The molecule has 0 fully saturated rings. The minimum atomic E-state index is 0.244. The predicted molar refractivity (Wildman–Crippen MR) is 218 cm³/mol. The van der Waals surface area contributed by atoms with Crippen LogP contribution in [-0.4, -0.2) is 23.6 Å². The Bertz CT molecular complexity index is 3090. The maximum atomic E-state index is 2.51. The van der Waals surface area contributed by atoms with Crippen LogP contribution in [0.5, 0.6) is 0 Å². The fourth-order valence-corrected chi connectivity index (χ4v) is 10.6. The van der Waals surface area contributed by atoms with E-state index in [-0.39, 0.29) is 14.5 Å². The van der Waals surface area contributed by atoms with E-state index in [9.17, 15) is 0 Å². The van der Waals surface area contributed by atoms with Crippen molar-refractivity contribution in [2.75, 3.05) is 0 Å². The van der Waals surface area contributed by atoms with Crippen molar-refractivity contribution in [3.8, 4) is 33.6 Å². The fourth-order valence-electron chi connectivity index (χ4n) is 8.24. The summed E-state index contributed by atoms with van der Waals surface area (Å²) in [6.07, 6.45) is 0. The average molecular weight is 714 g/mol. The third kappa shape index (κ3) is 4.36. The first-order valence-corrected chi connectivity index (χ1v) is 19.1. The van der Waals surface area contributed by atoms with Crippen LogP contribution in [0.3, 0.4) is 0 Å². The van der Waals surface area contributed by atoms with Crippen LogP contribution in [-0.2, 0) is 0 Å². The van der Waals surface area contributed by atoms with Crippen LogP contribution in [0.4, 0.5) is 0 Å². The van der Waals surface area contributed by atoms with Crippen molar-refractivity contribution >= 4 is 77.4 Å². The molecule has 3 aromatic heterocycles. The summed E-state index contributed by atoms with van der Waals surface area (Å²) in [6.45, 7) is 0. The Labute approximate surface area is 300 Å². The van der Waals surface area contributed by atoms with Crippen LogP contribution < -0.4 is 0 Å². The Morgan fingerprint density at radius 2 is 0.882 bits per heavy atom. The summed E-state index contributed by atoms with van der Waals surface area (Å²) in [5.74, 6) is 0. The molecule has 0 radical (unpaired) electrons. The molecule has 2 nitrogen and oxygen atoms in total. The number of rotatable bonds is 4. The zero-order valence-electron chi connectivity index (χ0n) is 27.6. The van der Waals surface area contributed by atoms with Crippen molar-refractivity contribution < 1.29 is 0 Å². The molecule has 0 aliphatic heterocycles. The van der Waals surface area contributed by atoms with E-state index in [2.05, 4.69) is 191 Å². The Morgan fingerprint density at radius 3 is 1.63 bits per heavy atom. The van der Waals surface area contributed by atoms with Gasteiger partial charge in [-0.2, -0.15) is 0 Å². The van der Waals surface area contributed by atoms with Gasteiger partial charge >= 0.3 is 290 Å². The van der Waals surface area contributed by atoms with Crippen LogP contribution in [0.2, 0.25) is 0 Å². The third-order valence-electron chi connectivity index (χ3n) is 10.5. The van der Waals surface area contributed by atoms with Gasteiger partial charge < -0.3 is 0 Å². The number of hydrogen-bond acceptors (Lipinski definition) is 0. The Balaban J connectivity index is 1.14. The zero-order chi connectivity index (χ0) is 33.5. The molecule has 8 aromatic carbocycles. The van der Waals surface area contributed by atoms with Gasteiger partial charge in [0.25, 0.3) is 0 Å². The first kappa shape index (κ1) is 28.7. The van der Waals surface area contributed by atoms with Crippen LogP contribution in [0.1, 0.15) is 0 Å². The molecule has 11 rings (SSSR count). The molecule has 0 saturated carbocycles. The summed E-state index contributed by atoms with van der Waals surface area (Å²) in [4.78, 5) is 0. The van der Waals surface area contributed by atoms with E-state index in [1.54, 1.807) is 0 Å². The van der Waals surface area contributed by atoms with Gasteiger partial charge in [-0.1, -0.05) is 12.1 Å². The molecule has 0 aliphatic rings. The molecule has 0 aliphatic carbocycles. The van der Waals surface area contributed by atoms with Gasteiger partial charge in [0.1, 0.15) is 0 Å². The van der Waals surface area contributed by atoms with E-state index in [1.165, 1.54) is 96.5 Å². The van der Waals surface area contributed by atoms with Crippen molar-refractivity contribution in [1.82, 2.24) is 9.13 Å². The zero-order valence-corrected chi connectivity index (χ0v) is 29.3. The molecule has 0 saturated heterocycles. The van der Waals surface area contributed by atoms with Gasteiger partial charge in [0, 0.05) is 0 Å². The standard InChI is InChI=1S/C48H30N2Se/c1-2-12-31(13-3-1)32-14-10-15-33(28-32)34-24-27-46-40(29-34)48-45(22-11-23-47(48)51-46)50-43-21-9-6-18-38(43)39-30-35(25-26-44(39)50)49-41-19-7-4-16-36(41)37-17-5-8-20-42(37)49/h1-30H. The number of fused-ring (bicyclic) bond motifs is 9. The molecule has 0 spiro atoms. The monoisotopic (exact) mass is 714 g/mol. The molecular weight excluding hydrogens is 684 g/mol. The van der Waals surface area contributed by atoms with Gasteiger partial charge in [0.05, 0.1) is 0 Å². The maximum absolute atomic E-state index is 2.51. The topological polar surface area (TPSA) is 9.86 Å².